The number of aldehydes is 1. The maximum Gasteiger partial charge on any atom is 0.150 e. The molecule has 14 aromatic rings. The maximum absolute atomic E-state index is 10.6. The summed E-state index contributed by atoms with van der Waals surface area (Å²) < 4.78 is 0. The van der Waals surface area contributed by atoms with Crippen LogP contribution in [-0.4, -0.2) is 21.2 Å². The van der Waals surface area contributed by atoms with Gasteiger partial charge in [0.25, 0.3) is 0 Å². The summed E-state index contributed by atoms with van der Waals surface area (Å²) >= 11 is 16.9. The van der Waals surface area contributed by atoms with E-state index < -0.39 is 11.9 Å². The van der Waals surface area contributed by atoms with Crippen molar-refractivity contribution in [3.05, 3.63) is 379 Å². The van der Waals surface area contributed by atoms with E-state index in [1.807, 2.05) is 60.9 Å². The summed E-state index contributed by atoms with van der Waals surface area (Å²) in [6, 6.07) is 112. The third-order valence-corrected chi connectivity index (χ3v) is 31.2. The molecule has 0 saturated heterocycles. The van der Waals surface area contributed by atoms with Gasteiger partial charge in [-0.05, 0) is 58.7 Å². The Balaban J connectivity index is 0.000000157. The monoisotopic (exact) mass is 1240 g/mol. The van der Waals surface area contributed by atoms with Crippen molar-refractivity contribution >= 4 is 130 Å². The Morgan fingerprint density at radius 2 is 0.511 bits per heavy atom. The van der Waals surface area contributed by atoms with E-state index in [2.05, 4.69) is 306 Å². The minimum atomic E-state index is -3.47. The van der Waals surface area contributed by atoms with Gasteiger partial charge >= 0.3 is 296 Å². The molecule has 0 aliphatic rings. The molecule has 90 heavy (non-hydrogen) atoms. The Bertz CT molecular complexity index is 4290. The molecule has 3 heterocycles. The van der Waals surface area contributed by atoms with Crippen LogP contribution in [0.2, 0.25) is 0 Å². The quantitative estimate of drug-likeness (QED) is 0.0758. The molecule has 0 fully saturated rings. The molecule has 0 aliphatic heterocycles. The molecule has 0 radical (unpaired) electrons. The smallest absolute Gasteiger partial charge is 0.150 e. The summed E-state index contributed by atoms with van der Waals surface area (Å²) in [5, 5.41) is 10.2. The van der Waals surface area contributed by atoms with E-state index in [9.17, 15) is 4.79 Å². The summed E-state index contributed by atoms with van der Waals surface area (Å²) in [6.45, 7) is 0. The van der Waals surface area contributed by atoms with E-state index in [0.29, 0.717) is 17.9 Å². The molecule has 3 aromatic heterocycles. The van der Waals surface area contributed by atoms with Gasteiger partial charge in [0.05, 0.1) is 16.6 Å². The largest absolute Gasteiger partial charge is 0.298 e. The Labute approximate surface area is 537 Å². The zero-order chi connectivity index (χ0) is 61.5. The molecular formula is C82H65Cl2N3OP2. The van der Waals surface area contributed by atoms with E-state index in [1.165, 1.54) is 44.2 Å². The predicted molar refractivity (Wildman–Crippen MR) is 391 cm³/mol. The summed E-state index contributed by atoms with van der Waals surface area (Å²) in [7, 11) is 0. The molecule has 0 amide bonds. The number of hydrogen-bond acceptors (Lipinski definition) is 4. The van der Waals surface area contributed by atoms with Crippen LogP contribution in [-0.2, 0) is 12.3 Å². The topological polar surface area (TPSA) is 55.7 Å². The van der Waals surface area contributed by atoms with Crippen molar-refractivity contribution in [1.29, 1.82) is 0 Å². The number of rotatable bonds is 15. The van der Waals surface area contributed by atoms with Gasteiger partial charge in [-0.2, -0.15) is 0 Å². The van der Waals surface area contributed by atoms with Gasteiger partial charge in [0.1, 0.15) is 0 Å². The van der Waals surface area contributed by atoms with Crippen LogP contribution in [0.4, 0.5) is 0 Å². The van der Waals surface area contributed by atoms with E-state index in [4.69, 9.17) is 22.5 Å². The molecule has 0 spiro atoms. The number of fused-ring (bicyclic) bond motifs is 3. The van der Waals surface area contributed by atoms with Gasteiger partial charge < -0.3 is 0 Å². The number of para-hydroxylation sites is 3. The van der Waals surface area contributed by atoms with E-state index in [0.717, 1.165) is 60.0 Å². The molecule has 11 aromatic carbocycles. The molecule has 0 N–H and O–H groups in total. The molecule has 8 heteroatoms. The zero-order valence-electron chi connectivity index (χ0n) is 49.5. The number of carbonyl (C=O) groups excluding carboxylic acids is 1. The molecule has 14 rings (SSSR count). The van der Waals surface area contributed by atoms with Gasteiger partial charge in [-0.3, -0.25) is 19.7 Å². The average Bonchev–Trinajstić information content (AvgIpc) is 0.752. The fraction of sp³-hybridized carbons (Fsp3) is 0.0244. The third-order valence-electron chi connectivity index (χ3n) is 16.8. The summed E-state index contributed by atoms with van der Waals surface area (Å²) in [4.78, 5) is 23.6. The standard InChI is InChI=1S/C44H38Cl2P2.C28H20N2.C10H7NO/c45-47(39-19-7-1-8-20-39,40-21-9-2-10-22-40,41-23-11-3-12-24-41)35-37-31-33-38(34-32-37)36-48(46,42-25-13-4-14-26-42,43-27-15-5-16-28-43)44-29-17-6-18-30-44;1-3-7-27-25(5-1)23(17-19-29-27)15-13-21-9-11-22(12-10-21)14-16-24-18-20-30-28-8-4-2-6-26(24)28;12-7-8-5-6-11-10-4-2-1-3-9(8)10/h1-34H,35-36H2;1-20H;1-7H/b;15-13+,16-14+;. The van der Waals surface area contributed by atoms with Crippen LogP contribution in [0, 0.1) is 0 Å². The first-order chi connectivity index (χ1) is 44.2. The second-order valence-electron chi connectivity index (χ2n) is 22.2. The van der Waals surface area contributed by atoms with Gasteiger partial charge in [0.2, 0.25) is 0 Å². The van der Waals surface area contributed by atoms with Crippen molar-refractivity contribution in [3.8, 4) is 0 Å². The second-order valence-corrected chi connectivity index (χ2v) is 35.2. The number of aromatic nitrogens is 3. The number of hydrogen-bond donors (Lipinski definition) is 0. The minimum absolute atomic E-state index is 0.687. The second kappa shape index (κ2) is 27.3. The third kappa shape index (κ3) is 12.5. The molecule has 0 atom stereocenters. The number of halogens is 2. The van der Waals surface area contributed by atoms with Crippen LogP contribution in [0.25, 0.3) is 57.0 Å². The zero-order valence-corrected chi connectivity index (χ0v) is 52.8. The number of carbonyl (C=O) groups is 1. The van der Waals surface area contributed by atoms with Gasteiger partial charge in [0.15, 0.2) is 6.29 Å². The van der Waals surface area contributed by atoms with Crippen LogP contribution < -0.4 is 31.8 Å². The molecule has 0 saturated carbocycles. The first kappa shape index (κ1) is 60.5. The fourth-order valence-corrected chi connectivity index (χ4v) is 24.4. The molecule has 0 bridgehead atoms. The van der Waals surface area contributed by atoms with Crippen molar-refractivity contribution in [2.45, 2.75) is 12.3 Å². The SMILES string of the molecule is C(=C\c1ccnc2ccccc12)/c1ccc(/C=C/c2ccnc3ccccc23)cc1.ClP(Cc1ccc(CP(Cl)(c2ccccc2)(c2ccccc2)c2ccccc2)cc1)(c1ccccc1)(c1ccccc1)c1ccccc1.O=Cc1ccnc2ccccc12. The summed E-state index contributed by atoms with van der Waals surface area (Å²) in [6.07, 6.45) is 16.2. The number of nitrogens with zero attached hydrogens (tertiary/aromatic N) is 3. The molecule has 438 valence electrons. The first-order valence-electron chi connectivity index (χ1n) is 30.0. The normalized spacial score (nSPS) is 12.4. The molecule has 0 aliphatic carbocycles. The average molecular weight is 1240 g/mol. The predicted octanol–water partition coefficient (Wildman–Crippen LogP) is 19.2. The summed E-state index contributed by atoms with van der Waals surface area (Å²) in [5.74, 6) is -6.94. The Hall–Kier alpha value is -9.76. The van der Waals surface area contributed by atoms with E-state index in [1.54, 1.807) is 12.3 Å². The Morgan fingerprint density at radius 3 is 0.789 bits per heavy atom. The number of benzene rings is 11. The van der Waals surface area contributed by atoms with Crippen LogP contribution in [0.1, 0.15) is 43.7 Å². The van der Waals surface area contributed by atoms with Crippen molar-refractivity contribution < 1.29 is 4.79 Å². The Morgan fingerprint density at radius 1 is 0.267 bits per heavy atom. The van der Waals surface area contributed by atoms with Crippen LogP contribution >= 0.6 is 34.4 Å². The van der Waals surface area contributed by atoms with E-state index >= 15 is 0 Å². The minimum Gasteiger partial charge on any atom is -0.298 e. The van der Waals surface area contributed by atoms with Gasteiger partial charge in [-0.15, -0.1) is 0 Å². The van der Waals surface area contributed by atoms with Crippen molar-refractivity contribution in [2.24, 2.45) is 0 Å². The number of pyridine rings is 3. The maximum atomic E-state index is 10.6. The van der Waals surface area contributed by atoms with Crippen molar-refractivity contribution in [2.75, 3.05) is 0 Å². The fourth-order valence-electron chi connectivity index (χ4n) is 12.1. The molecule has 0 unspecified atom stereocenters. The van der Waals surface area contributed by atoms with Crippen molar-refractivity contribution in [3.63, 3.8) is 0 Å². The van der Waals surface area contributed by atoms with Gasteiger partial charge in [0, 0.05) is 40.3 Å². The summed E-state index contributed by atoms with van der Waals surface area (Å²) in [5.41, 5.74) is 10.7. The van der Waals surface area contributed by atoms with Crippen LogP contribution in [0.5, 0.6) is 0 Å². The van der Waals surface area contributed by atoms with Crippen LogP contribution in [0.3, 0.4) is 0 Å². The van der Waals surface area contributed by atoms with Gasteiger partial charge in [-0.25, -0.2) is 0 Å². The van der Waals surface area contributed by atoms with Gasteiger partial charge in [-0.1, -0.05) is 103 Å². The molecular weight excluding hydrogens is 1180 g/mol. The Kier molecular flexibility index (Phi) is 18.4. The molecule has 4 nitrogen and oxygen atoms in total. The van der Waals surface area contributed by atoms with Crippen LogP contribution in [0.15, 0.2) is 340 Å². The van der Waals surface area contributed by atoms with E-state index in [-0.39, 0.29) is 0 Å². The van der Waals surface area contributed by atoms with Crippen molar-refractivity contribution in [1.82, 2.24) is 15.0 Å². The first-order valence-corrected chi connectivity index (χ1v) is 36.7.